The van der Waals surface area contributed by atoms with E-state index < -0.39 is 0 Å². The summed E-state index contributed by atoms with van der Waals surface area (Å²) in [5.74, 6) is 0.680. The molecule has 1 saturated heterocycles. The summed E-state index contributed by atoms with van der Waals surface area (Å²) in [6, 6.07) is 6.89. The van der Waals surface area contributed by atoms with Gasteiger partial charge in [-0.25, -0.2) is 0 Å². The highest BCUT2D eigenvalue weighted by molar-refractivity contribution is 5.85. The van der Waals surface area contributed by atoms with Crippen LogP contribution in [0.15, 0.2) is 18.2 Å². The predicted molar refractivity (Wildman–Crippen MR) is 76.6 cm³/mol. The standard InChI is InChI=1S/C15H19N3O2/c1-11(15(19)18-7-3-4-8-18)17-13-6-5-12(10-16)9-14(13)20-2/h5-6,9,11,17H,3-4,7-8H2,1-2H3. The second kappa shape index (κ2) is 6.29. The lowest BCUT2D eigenvalue weighted by molar-refractivity contribution is -0.130. The van der Waals surface area contributed by atoms with Crippen LogP contribution in [0.2, 0.25) is 0 Å². The molecule has 1 atom stereocenters. The molecule has 0 aromatic heterocycles. The van der Waals surface area contributed by atoms with Crippen molar-refractivity contribution in [2.75, 3.05) is 25.5 Å². The Labute approximate surface area is 119 Å². The molecule has 1 aliphatic rings. The van der Waals surface area contributed by atoms with Gasteiger partial charge in [-0.15, -0.1) is 0 Å². The minimum Gasteiger partial charge on any atom is -0.495 e. The summed E-state index contributed by atoms with van der Waals surface area (Å²) in [7, 11) is 1.55. The molecule has 1 unspecified atom stereocenters. The fraction of sp³-hybridized carbons (Fsp3) is 0.467. The molecule has 1 N–H and O–H groups in total. The summed E-state index contributed by atoms with van der Waals surface area (Å²) in [6.45, 7) is 3.53. The summed E-state index contributed by atoms with van der Waals surface area (Å²) in [5.41, 5.74) is 1.26. The molecule has 0 spiro atoms. The van der Waals surface area contributed by atoms with E-state index in [1.807, 2.05) is 11.8 Å². The van der Waals surface area contributed by atoms with E-state index in [1.165, 1.54) is 0 Å². The largest absolute Gasteiger partial charge is 0.495 e. The van der Waals surface area contributed by atoms with Gasteiger partial charge in [-0.2, -0.15) is 5.26 Å². The number of nitriles is 1. The average molecular weight is 273 g/mol. The van der Waals surface area contributed by atoms with Crippen molar-refractivity contribution in [2.45, 2.75) is 25.8 Å². The van der Waals surface area contributed by atoms with Crippen LogP contribution in [0.3, 0.4) is 0 Å². The molecule has 0 bridgehead atoms. The minimum absolute atomic E-state index is 0.105. The molecule has 1 amide bonds. The Morgan fingerprint density at radius 1 is 1.45 bits per heavy atom. The number of hydrogen-bond donors (Lipinski definition) is 1. The summed E-state index contributed by atoms with van der Waals surface area (Å²) < 4.78 is 5.26. The van der Waals surface area contributed by atoms with Crippen LogP contribution < -0.4 is 10.1 Å². The van der Waals surface area contributed by atoms with E-state index in [4.69, 9.17) is 10.00 Å². The van der Waals surface area contributed by atoms with Gasteiger partial charge in [-0.05, 0) is 31.9 Å². The van der Waals surface area contributed by atoms with Crippen molar-refractivity contribution in [1.82, 2.24) is 4.90 Å². The Morgan fingerprint density at radius 2 is 2.15 bits per heavy atom. The van der Waals surface area contributed by atoms with E-state index in [9.17, 15) is 4.79 Å². The number of carbonyl (C=O) groups is 1. The normalized spacial score (nSPS) is 15.6. The molecule has 1 heterocycles. The van der Waals surface area contributed by atoms with Crippen molar-refractivity contribution in [3.63, 3.8) is 0 Å². The summed E-state index contributed by atoms with van der Waals surface area (Å²) >= 11 is 0. The Morgan fingerprint density at radius 3 is 2.75 bits per heavy atom. The first-order chi connectivity index (χ1) is 9.65. The van der Waals surface area contributed by atoms with Crippen LogP contribution >= 0.6 is 0 Å². The lowest BCUT2D eigenvalue weighted by atomic mass is 10.2. The van der Waals surface area contributed by atoms with E-state index in [1.54, 1.807) is 25.3 Å². The number of amides is 1. The van der Waals surface area contributed by atoms with Crippen LogP contribution in [0.1, 0.15) is 25.3 Å². The predicted octanol–water partition coefficient (Wildman–Crippen LogP) is 1.99. The topological polar surface area (TPSA) is 65.4 Å². The molecule has 1 fully saturated rings. The number of benzene rings is 1. The molecule has 1 aromatic carbocycles. The molecule has 0 radical (unpaired) electrons. The maximum Gasteiger partial charge on any atom is 0.244 e. The fourth-order valence-corrected chi connectivity index (χ4v) is 2.39. The molecule has 5 nitrogen and oxygen atoms in total. The number of carbonyl (C=O) groups excluding carboxylic acids is 1. The van der Waals surface area contributed by atoms with E-state index in [2.05, 4.69) is 11.4 Å². The third kappa shape index (κ3) is 3.02. The highest BCUT2D eigenvalue weighted by atomic mass is 16.5. The van der Waals surface area contributed by atoms with Crippen molar-refractivity contribution in [1.29, 1.82) is 5.26 Å². The highest BCUT2D eigenvalue weighted by Crippen LogP contribution is 2.26. The van der Waals surface area contributed by atoms with Crippen molar-refractivity contribution in [3.05, 3.63) is 23.8 Å². The molecule has 20 heavy (non-hydrogen) atoms. The van der Waals surface area contributed by atoms with Crippen LogP contribution in [-0.2, 0) is 4.79 Å². The first-order valence-corrected chi connectivity index (χ1v) is 6.79. The van der Waals surface area contributed by atoms with Crippen molar-refractivity contribution >= 4 is 11.6 Å². The van der Waals surface area contributed by atoms with Crippen LogP contribution in [0.25, 0.3) is 0 Å². The van der Waals surface area contributed by atoms with Gasteiger partial charge in [0.25, 0.3) is 0 Å². The third-order valence-electron chi connectivity index (χ3n) is 3.49. The minimum atomic E-state index is -0.310. The number of rotatable bonds is 4. The fourth-order valence-electron chi connectivity index (χ4n) is 2.39. The molecule has 5 heteroatoms. The zero-order valence-corrected chi connectivity index (χ0v) is 11.8. The Hall–Kier alpha value is -2.22. The number of anilines is 1. The smallest absolute Gasteiger partial charge is 0.244 e. The summed E-state index contributed by atoms with van der Waals surface area (Å²) in [4.78, 5) is 14.1. The number of nitrogens with one attached hydrogen (secondary N) is 1. The van der Waals surface area contributed by atoms with Crippen LogP contribution in [0.5, 0.6) is 5.75 Å². The molecule has 1 aliphatic heterocycles. The second-order valence-electron chi connectivity index (χ2n) is 4.93. The Balaban J connectivity index is 2.09. The van der Waals surface area contributed by atoms with Gasteiger partial charge in [0.05, 0.1) is 24.4 Å². The lowest BCUT2D eigenvalue weighted by Gasteiger charge is -2.22. The summed E-state index contributed by atoms with van der Waals surface area (Å²) in [5, 5.41) is 12.0. The van der Waals surface area contributed by atoms with Crippen LogP contribution in [-0.4, -0.2) is 37.0 Å². The first-order valence-electron chi connectivity index (χ1n) is 6.79. The number of hydrogen-bond acceptors (Lipinski definition) is 4. The maximum absolute atomic E-state index is 12.2. The van der Waals surface area contributed by atoms with Crippen LogP contribution in [0, 0.1) is 11.3 Å². The number of likely N-dealkylation sites (tertiary alicyclic amines) is 1. The molecular weight excluding hydrogens is 254 g/mol. The highest BCUT2D eigenvalue weighted by Gasteiger charge is 2.23. The first kappa shape index (κ1) is 14.2. The van der Waals surface area contributed by atoms with E-state index in [0.717, 1.165) is 31.6 Å². The zero-order valence-electron chi connectivity index (χ0n) is 11.8. The monoisotopic (exact) mass is 273 g/mol. The maximum atomic E-state index is 12.2. The zero-order chi connectivity index (χ0) is 14.5. The van der Waals surface area contributed by atoms with E-state index >= 15 is 0 Å². The van der Waals surface area contributed by atoms with Gasteiger partial charge in [0, 0.05) is 19.2 Å². The van der Waals surface area contributed by atoms with E-state index in [-0.39, 0.29) is 11.9 Å². The van der Waals surface area contributed by atoms with Gasteiger partial charge in [0.2, 0.25) is 5.91 Å². The van der Waals surface area contributed by atoms with Crippen molar-refractivity contribution < 1.29 is 9.53 Å². The van der Waals surface area contributed by atoms with Crippen molar-refractivity contribution in [3.8, 4) is 11.8 Å². The van der Waals surface area contributed by atoms with Gasteiger partial charge < -0.3 is 15.0 Å². The molecule has 2 rings (SSSR count). The third-order valence-corrected chi connectivity index (χ3v) is 3.49. The quantitative estimate of drug-likeness (QED) is 0.911. The van der Waals surface area contributed by atoms with Crippen LogP contribution in [0.4, 0.5) is 5.69 Å². The second-order valence-corrected chi connectivity index (χ2v) is 4.93. The van der Waals surface area contributed by atoms with Gasteiger partial charge in [0.15, 0.2) is 0 Å². The average Bonchev–Trinajstić information content (AvgIpc) is 3.00. The molecule has 1 aromatic rings. The molecular formula is C15H19N3O2. The number of methoxy groups -OCH3 is 1. The summed E-state index contributed by atoms with van der Waals surface area (Å²) in [6.07, 6.45) is 2.16. The van der Waals surface area contributed by atoms with Gasteiger partial charge in [0.1, 0.15) is 11.8 Å². The SMILES string of the molecule is COc1cc(C#N)ccc1NC(C)C(=O)N1CCCC1. The Bertz CT molecular complexity index is 530. The lowest BCUT2D eigenvalue weighted by Crippen LogP contribution is -2.39. The Kier molecular flexibility index (Phi) is 4.46. The van der Waals surface area contributed by atoms with Crippen molar-refractivity contribution in [2.24, 2.45) is 0 Å². The van der Waals surface area contributed by atoms with E-state index in [0.29, 0.717) is 11.3 Å². The number of ether oxygens (including phenoxy) is 1. The van der Waals surface area contributed by atoms with Gasteiger partial charge in [-0.3, -0.25) is 4.79 Å². The van der Waals surface area contributed by atoms with Gasteiger partial charge in [-0.1, -0.05) is 0 Å². The van der Waals surface area contributed by atoms with Gasteiger partial charge >= 0.3 is 0 Å². The molecule has 0 aliphatic carbocycles. The number of nitrogens with zero attached hydrogens (tertiary/aromatic N) is 2. The molecule has 106 valence electrons. The molecule has 0 saturated carbocycles.